The predicted octanol–water partition coefficient (Wildman–Crippen LogP) is 5.00. The maximum Gasteiger partial charge on any atom is 0.161 e. The van der Waals surface area contributed by atoms with Crippen LogP contribution in [-0.2, 0) is 11.2 Å². The fourth-order valence-electron chi connectivity index (χ4n) is 3.71. The van der Waals surface area contributed by atoms with Crippen LogP contribution in [0.4, 0.5) is 0 Å². The minimum absolute atomic E-state index is 0.127. The SMILES string of the molecule is COc1ccc(CCN(C)CCSC(C#N)(c2ccc(OC)c(OC)c2)C(C)C)cc1OC. The molecule has 7 heteroatoms. The summed E-state index contributed by atoms with van der Waals surface area (Å²) < 4.78 is 20.9. The largest absolute Gasteiger partial charge is 0.493 e. The van der Waals surface area contributed by atoms with Gasteiger partial charge in [-0.25, -0.2) is 0 Å². The third-order valence-electron chi connectivity index (χ3n) is 5.82. The van der Waals surface area contributed by atoms with Gasteiger partial charge in [-0.05, 0) is 54.8 Å². The molecule has 0 spiro atoms. The zero-order valence-corrected chi connectivity index (χ0v) is 21.6. The van der Waals surface area contributed by atoms with E-state index < -0.39 is 4.75 Å². The van der Waals surface area contributed by atoms with Crippen LogP contribution in [0.5, 0.6) is 23.0 Å². The van der Waals surface area contributed by atoms with E-state index in [4.69, 9.17) is 18.9 Å². The van der Waals surface area contributed by atoms with Crippen LogP contribution in [0, 0.1) is 17.2 Å². The molecule has 0 N–H and O–H groups in total. The molecule has 0 fully saturated rings. The van der Waals surface area contributed by atoms with Crippen LogP contribution < -0.4 is 18.9 Å². The third-order valence-corrected chi connectivity index (χ3v) is 7.46. The van der Waals surface area contributed by atoms with E-state index in [0.717, 1.165) is 42.3 Å². The fraction of sp³-hybridized carbons (Fsp3) is 0.500. The molecule has 0 aliphatic rings. The highest BCUT2D eigenvalue weighted by Gasteiger charge is 2.37. The minimum atomic E-state index is -0.663. The summed E-state index contributed by atoms with van der Waals surface area (Å²) in [5.41, 5.74) is 2.14. The quantitative estimate of drug-likeness (QED) is 0.406. The Morgan fingerprint density at radius 1 is 0.879 bits per heavy atom. The molecule has 0 bridgehead atoms. The number of likely N-dealkylation sites (N-methyl/N-ethyl adjacent to an activating group) is 1. The molecule has 0 heterocycles. The Labute approximate surface area is 202 Å². The first-order valence-electron chi connectivity index (χ1n) is 11.0. The molecule has 33 heavy (non-hydrogen) atoms. The second-order valence-electron chi connectivity index (χ2n) is 8.16. The van der Waals surface area contributed by atoms with Gasteiger partial charge in [-0.2, -0.15) is 5.26 Å². The van der Waals surface area contributed by atoms with Crippen molar-refractivity contribution in [2.45, 2.75) is 25.0 Å². The molecule has 0 saturated carbocycles. The molecule has 0 saturated heterocycles. The summed E-state index contributed by atoms with van der Waals surface area (Å²) in [7, 11) is 8.64. The van der Waals surface area contributed by atoms with Gasteiger partial charge in [-0.1, -0.05) is 26.0 Å². The van der Waals surface area contributed by atoms with Crippen LogP contribution in [0.3, 0.4) is 0 Å². The summed E-state index contributed by atoms with van der Waals surface area (Å²) in [4.78, 5) is 2.29. The van der Waals surface area contributed by atoms with Crippen molar-refractivity contribution in [1.82, 2.24) is 4.90 Å². The number of nitrogens with zero attached hydrogens (tertiary/aromatic N) is 2. The van der Waals surface area contributed by atoms with E-state index in [2.05, 4.69) is 37.9 Å². The van der Waals surface area contributed by atoms with Gasteiger partial charge in [-0.3, -0.25) is 0 Å². The van der Waals surface area contributed by atoms with Gasteiger partial charge in [0.05, 0.1) is 34.5 Å². The number of nitriles is 1. The predicted molar refractivity (Wildman–Crippen MR) is 135 cm³/mol. The Bertz CT molecular complexity index is 944. The van der Waals surface area contributed by atoms with E-state index in [9.17, 15) is 5.26 Å². The zero-order valence-electron chi connectivity index (χ0n) is 20.8. The lowest BCUT2D eigenvalue weighted by Crippen LogP contribution is -2.30. The van der Waals surface area contributed by atoms with Gasteiger partial charge >= 0.3 is 0 Å². The summed E-state index contributed by atoms with van der Waals surface area (Å²) >= 11 is 1.69. The maximum atomic E-state index is 10.2. The standard InChI is InChI=1S/C26H36N2O4S/c1-19(2)26(18-27,21-9-11-23(30-5)25(17-21)32-7)33-15-14-28(3)13-12-20-8-10-22(29-4)24(16-20)31-6/h8-11,16-17,19H,12-15H2,1-7H3. The molecule has 180 valence electrons. The Morgan fingerprint density at radius 3 is 2.00 bits per heavy atom. The number of hydrogen-bond acceptors (Lipinski definition) is 7. The molecule has 2 aromatic rings. The summed E-state index contributed by atoms with van der Waals surface area (Å²) in [6, 6.07) is 14.4. The molecule has 0 amide bonds. The fourth-order valence-corrected chi connectivity index (χ4v) is 5.12. The minimum Gasteiger partial charge on any atom is -0.493 e. The molecule has 0 aromatic heterocycles. The van der Waals surface area contributed by atoms with Crippen molar-refractivity contribution in [3.8, 4) is 29.1 Å². The van der Waals surface area contributed by atoms with E-state index in [0.29, 0.717) is 11.5 Å². The van der Waals surface area contributed by atoms with Crippen molar-refractivity contribution in [3.05, 3.63) is 47.5 Å². The molecule has 2 rings (SSSR count). The summed E-state index contributed by atoms with van der Waals surface area (Å²) in [5.74, 6) is 3.76. The lowest BCUT2D eigenvalue weighted by molar-refractivity contribution is 0.350. The molecule has 0 radical (unpaired) electrons. The Morgan fingerprint density at radius 2 is 1.45 bits per heavy atom. The zero-order chi connectivity index (χ0) is 24.4. The smallest absolute Gasteiger partial charge is 0.161 e. The van der Waals surface area contributed by atoms with Crippen LogP contribution in [0.15, 0.2) is 36.4 Å². The van der Waals surface area contributed by atoms with Crippen molar-refractivity contribution in [2.24, 2.45) is 5.92 Å². The third kappa shape index (κ3) is 6.49. The van der Waals surface area contributed by atoms with Gasteiger partial charge < -0.3 is 23.8 Å². The van der Waals surface area contributed by atoms with Gasteiger partial charge in [0.1, 0.15) is 4.75 Å². The van der Waals surface area contributed by atoms with Gasteiger partial charge in [0.15, 0.2) is 23.0 Å². The van der Waals surface area contributed by atoms with Gasteiger partial charge in [0, 0.05) is 18.8 Å². The van der Waals surface area contributed by atoms with Crippen molar-refractivity contribution < 1.29 is 18.9 Å². The van der Waals surface area contributed by atoms with Crippen LogP contribution in [0.2, 0.25) is 0 Å². The van der Waals surface area contributed by atoms with E-state index in [-0.39, 0.29) is 5.92 Å². The molecule has 1 atom stereocenters. The van der Waals surface area contributed by atoms with Crippen molar-refractivity contribution in [2.75, 3.05) is 54.3 Å². The van der Waals surface area contributed by atoms with E-state index in [1.54, 1.807) is 40.2 Å². The highest BCUT2D eigenvalue weighted by Crippen LogP contribution is 2.45. The van der Waals surface area contributed by atoms with Crippen molar-refractivity contribution >= 4 is 11.8 Å². The number of hydrogen-bond donors (Lipinski definition) is 0. The monoisotopic (exact) mass is 472 g/mol. The molecule has 0 aliphatic heterocycles. The molecule has 2 aromatic carbocycles. The topological polar surface area (TPSA) is 64.0 Å². The van der Waals surface area contributed by atoms with E-state index >= 15 is 0 Å². The Kier molecular flexibility index (Phi) is 10.2. The highest BCUT2D eigenvalue weighted by atomic mass is 32.2. The summed E-state index contributed by atoms with van der Waals surface area (Å²) in [6.07, 6.45) is 0.908. The Hall–Kier alpha value is -2.56. The molecular weight excluding hydrogens is 436 g/mol. The second kappa shape index (κ2) is 12.6. The van der Waals surface area contributed by atoms with Crippen molar-refractivity contribution in [3.63, 3.8) is 0 Å². The molecule has 1 unspecified atom stereocenters. The number of ether oxygens (including phenoxy) is 4. The van der Waals surface area contributed by atoms with Crippen LogP contribution in [-0.4, -0.2) is 59.2 Å². The molecular formula is C26H36N2O4S. The summed E-state index contributed by atoms with van der Waals surface area (Å²) in [6.45, 7) is 5.97. The number of benzene rings is 2. The highest BCUT2D eigenvalue weighted by molar-refractivity contribution is 8.00. The molecule has 0 aliphatic carbocycles. The first kappa shape index (κ1) is 26.7. The van der Waals surface area contributed by atoms with Crippen LogP contribution in [0.1, 0.15) is 25.0 Å². The van der Waals surface area contributed by atoms with Crippen LogP contribution in [0.25, 0.3) is 0 Å². The second-order valence-corrected chi connectivity index (χ2v) is 9.50. The number of rotatable bonds is 13. The average molecular weight is 473 g/mol. The van der Waals surface area contributed by atoms with Gasteiger partial charge in [0.25, 0.3) is 0 Å². The van der Waals surface area contributed by atoms with E-state index in [1.165, 1.54) is 5.56 Å². The van der Waals surface area contributed by atoms with E-state index in [1.807, 2.05) is 30.3 Å². The lowest BCUT2D eigenvalue weighted by Gasteiger charge is -2.32. The number of thioether (sulfide) groups is 1. The van der Waals surface area contributed by atoms with Crippen molar-refractivity contribution in [1.29, 1.82) is 5.26 Å². The average Bonchev–Trinajstić information content (AvgIpc) is 2.84. The normalized spacial score (nSPS) is 12.8. The Balaban J connectivity index is 2.02. The maximum absolute atomic E-state index is 10.2. The first-order valence-corrected chi connectivity index (χ1v) is 12.0. The van der Waals surface area contributed by atoms with Gasteiger partial charge in [-0.15, -0.1) is 11.8 Å². The summed E-state index contributed by atoms with van der Waals surface area (Å²) in [5, 5.41) is 10.2. The van der Waals surface area contributed by atoms with Gasteiger partial charge in [0.2, 0.25) is 0 Å². The van der Waals surface area contributed by atoms with Crippen LogP contribution >= 0.6 is 11.8 Å². The first-order chi connectivity index (χ1) is 15.8. The number of methoxy groups -OCH3 is 4. The lowest BCUT2D eigenvalue weighted by atomic mass is 9.88. The molecule has 6 nitrogen and oxygen atoms in total.